The van der Waals surface area contributed by atoms with E-state index in [0.717, 1.165) is 49.7 Å². The van der Waals surface area contributed by atoms with Gasteiger partial charge in [0.1, 0.15) is 5.82 Å². The average molecular weight is 526 g/mol. The van der Waals surface area contributed by atoms with Gasteiger partial charge in [0.25, 0.3) is 0 Å². The van der Waals surface area contributed by atoms with Crippen LogP contribution in [0.2, 0.25) is 0 Å². The summed E-state index contributed by atoms with van der Waals surface area (Å²) in [4.78, 5) is 21.0. The van der Waals surface area contributed by atoms with E-state index >= 15 is 0 Å². The number of benzene rings is 1. The number of nitrogens with one attached hydrogen (secondary N) is 3. The molecule has 1 fully saturated rings. The molecule has 0 radical (unpaired) electrons. The number of carbonyl (C=O) groups excluding carboxylic acids is 1. The van der Waals surface area contributed by atoms with Gasteiger partial charge in [0.05, 0.1) is 11.0 Å². The molecule has 0 unspecified atom stereocenters. The highest BCUT2D eigenvalue weighted by Crippen LogP contribution is 2.23. The molecule has 2 aromatic rings. The maximum Gasteiger partial charge on any atom is 0.223 e. The van der Waals surface area contributed by atoms with E-state index < -0.39 is 0 Å². The van der Waals surface area contributed by atoms with Gasteiger partial charge < -0.3 is 20.5 Å². The Morgan fingerprint density at radius 1 is 1.10 bits per heavy atom. The van der Waals surface area contributed by atoms with E-state index in [9.17, 15) is 4.79 Å². The van der Waals surface area contributed by atoms with E-state index in [4.69, 9.17) is 0 Å². The first kappa shape index (κ1) is 24.4. The van der Waals surface area contributed by atoms with E-state index in [1.54, 1.807) is 7.05 Å². The van der Waals surface area contributed by atoms with Crippen LogP contribution in [0.4, 0.5) is 0 Å². The van der Waals surface area contributed by atoms with Crippen molar-refractivity contribution in [1.82, 2.24) is 25.5 Å². The predicted molar refractivity (Wildman–Crippen MR) is 133 cm³/mol. The molecule has 3 rings (SSSR count). The molecule has 8 heteroatoms. The summed E-state index contributed by atoms with van der Waals surface area (Å²) in [6, 6.07) is 8.24. The normalized spacial score (nSPS) is 14.9. The van der Waals surface area contributed by atoms with Gasteiger partial charge in [-0.3, -0.25) is 9.79 Å². The zero-order valence-electron chi connectivity index (χ0n) is 18.1. The predicted octanol–water partition coefficient (Wildman–Crippen LogP) is 3.21. The molecule has 7 nitrogen and oxygen atoms in total. The number of aryl methyl sites for hydroxylation is 2. The number of aliphatic imine (C=N–C) groups is 1. The molecule has 0 saturated heterocycles. The molecule has 30 heavy (non-hydrogen) atoms. The molecule has 1 aliphatic carbocycles. The minimum atomic E-state index is 0. The summed E-state index contributed by atoms with van der Waals surface area (Å²) < 4.78 is 2.26. The summed E-state index contributed by atoms with van der Waals surface area (Å²) in [6.45, 7) is 5.07. The molecule has 0 atom stereocenters. The molecule has 0 aliphatic heterocycles. The number of nitrogens with zero attached hydrogens (tertiary/aromatic N) is 3. The fraction of sp³-hybridized carbons (Fsp3) is 0.591. The zero-order valence-corrected chi connectivity index (χ0v) is 20.4. The molecule has 1 amide bonds. The Morgan fingerprint density at radius 3 is 2.57 bits per heavy atom. The number of hydrogen-bond acceptors (Lipinski definition) is 3. The van der Waals surface area contributed by atoms with E-state index in [1.807, 2.05) is 6.07 Å². The minimum Gasteiger partial charge on any atom is -0.356 e. The highest BCUT2D eigenvalue weighted by atomic mass is 127. The smallest absolute Gasteiger partial charge is 0.223 e. The lowest BCUT2D eigenvalue weighted by Crippen LogP contribution is -2.43. The fourth-order valence-corrected chi connectivity index (χ4v) is 4.02. The van der Waals surface area contributed by atoms with Gasteiger partial charge in [0, 0.05) is 39.1 Å². The van der Waals surface area contributed by atoms with E-state index in [-0.39, 0.29) is 35.8 Å². The lowest BCUT2D eigenvalue weighted by atomic mass is 9.89. The van der Waals surface area contributed by atoms with Crippen molar-refractivity contribution in [3.63, 3.8) is 0 Å². The van der Waals surface area contributed by atoms with Crippen LogP contribution in [0.3, 0.4) is 0 Å². The standard InChI is InChI=1S/C22H34N6O.HI/c1-17-27-19-11-6-7-12-20(19)28(17)16-8-13-25-22(23-2)26-15-14-24-21(29)18-9-4-3-5-10-18;/h6-7,11-12,18H,3-5,8-10,13-16H2,1-2H3,(H,24,29)(H2,23,25,26);1H. The highest BCUT2D eigenvalue weighted by Gasteiger charge is 2.20. The Labute approximate surface area is 196 Å². The first-order valence-electron chi connectivity index (χ1n) is 10.8. The molecular formula is C22H35IN6O. The van der Waals surface area contributed by atoms with Gasteiger partial charge in [-0.25, -0.2) is 4.98 Å². The van der Waals surface area contributed by atoms with Gasteiger partial charge in [0.2, 0.25) is 5.91 Å². The molecule has 0 bridgehead atoms. The maximum absolute atomic E-state index is 12.2. The number of hydrogen-bond donors (Lipinski definition) is 3. The van der Waals surface area contributed by atoms with Crippen molar-refractivity contribution in [3.05, 3.63) is 30.1 Å². The highest BCUT2D eigenvalue weighted by molar-refractivity contribution is 14.0. The Hall–Kier alpha value is -1.84. The molecule has 1 saturated carbocycles. The summed E-state index contributed by atoms with van der Waals surface area (Å²) in [6.07, 6.45) is 6.68. The molecule has 1 heterocycles. The summed E-state index contributed by atoms with van der Waals surface area (Å²) in [5, 5.41) is 9.66. The number of aromatic nitrogens is 2. The van der Waals surface area contributed by atoms with Crippen molar-refractivity contribution in [2.75, 3.05) is 26.7 Å². The molecule has 166 valence electrons. The van der Waals surface area contributed by atoms with Crippen LogP contribution in [0.15, 0.2) is 29.3 Å². The number of halogens is 1. The maximum atomic E-state index is 12.2. The zero-order chi connectivity index (χ0) is 20.5. The lowest BCUT2D eigenvalue weighted by molar-refractivity contribution is -0.125. The molecule has 0 spiro atoms. The summed E-state index contributed by atoms with van der Waals surface area (Å²) in [5.41, 5.74) is 2.23. The van der Waals surface area contributed by atoms with Crippen molar-refractivity contribution in [3.8, 4) is 0 Å². The lowest BCUT2D eigenvalue weighted by Gasteiger charge is -2.21. The van der Waals surface area contributed by atoms with Crippen LogP contribution in [0.1, 0.15) is 44.3 Å². The van der Waals surface area contributed by atoms with E-state index in [2.05, 4.69) is 55.6 Å². The van der Waals surface area contributed by atoms with Gasteiger partial charge >= 0.3 is 0 Å². The van der Waals surface area contributed by atoms with Crippen LogP contribution in [-0.2, 0) is 11.3 Å². The topological polar surface area (TPSA) is 83.3 Å². The second kappa shape index (κ2) is 12.8. The third kappa shape index (κ3) is 6.85. The first-order valence-corrected chi connectivity index (χ1v) is 10.8. The fourth-order valence-electron chi connectivity index (χ4n) is 4.02. The van der Waals surface area contributed by atoms with Crippen LogP contribution in [-0.4, -0.2) is 48.1 Å². The van der Waals surface area contributed by atoms with Gasteiger partial charge in [-0.1, -0.05) is 31.4 Å². The summed E-state index contributed by atoms with van der Waals surface area (Å²) in [5.74, 6) is 2.23. The molecule has 1 aromatic heterocycles. The monoisotopic (exact) mass is 526 g/mol. The number of guanidine groups is 1. The van der Waals surface area contributed by atoms with E-state index in [0.29, 0.717) is 13.1 Å². The Bertz CT molecular complexity index is 828. The van der Waals surface area contributed by atoms with Crippen molar-refractivity contribution in [2.45, 2.75) is 52.0 Å². The SMILES string of the molecule is CN=C(NCCCn1c(C)nc2ccccc21)NCCNC(=O)C1CCCCC1.I. The van der Waals surface area contributed by atoms with Crippen molar-refractivity contribution >= 4 is 46.9 Å². The largest absolute Gasteiger partial charge is 0.356 e. The van der Waals surface area contributed by atoms with Gasteiger partial charge in [-0.15, -0.1) is 24.0 Å². The number of imidazole rings is 1. The second-order valence-electron chi connectivity index (χ2n) is 7.70. The minimum absolute atomic E-state index is 0. The first-order chi connectivity index (χ1) is 14.2. The Balaban J connectivity index is 0.00000320. The number of fused-ring (bicyclic) bond motifs is 1. The molecule has 1 aromatic carbocycles. The third-order valence-corrected chi connectivity index (χ3v) is 5.61. The third-order valence-electron chi connectivity index (χ3n) is 5.61. The van der Waals surface area contributed by atoms with Crippen LogP contribution in [0.5, 0.6) is 0 Å². The van der Waals surface area contributed by atoms with Crippen LogP contribution >= 0.6 is 24.0 Å². The number of rotatable bonds is 8. The summed E-state index contributed by atoms with van der Waals surface area (Å²) >= 11 is 0. The molecule has 3 N–H and O–H groups in total. The van der Waals surface area contributed by atoms with Crippen molar-refractivity contribution in [2.24, 2.45) is 10.9 Å². The van der Waals surface area contributed by atoms with Crippen LogP contribution < -0.4 is 16.0 Å². The second-order valence-corrected chi connectivity index (χ2v) is 7.70. The number of para-hydroxylation sites is 2. The van der Waals surface area contributed by atoms with Crippen molar-refractivity contribution in [1.29, 1.82) is 0 Å². The van der Waals surface area contributed by atoms with Gasteiger partial charge in [-0.05, 0) is 38.3 Å². The average Bonchev–Trinajstić information content (AvgIpc) is 3.08. The number of carbonyl (C=O) groups is 1. The van der Waals surface area contributed by atoms with Gasteiger partial charge in [0.15, 0.2) is 5.96 Å². The van der Waals surface area contributed by atoms with Gasteiger partial charge in [-0.2, -0.15) is 0 Å². The number of amides is 1. The molecular weight excluding hydrogens is 491 g/mol. The van der Waals surface area contributed by atoms with Crippen LogP contribution in [0, 0.1) is 12.8 Å². The van der Waals surface area contributed by atoms with Crippen molar-refractivity contribution < 1.29 is 4.79 Å². The Morgan fingerprint density at radius 2 is 1.80 bits per heavy atom. The quantitative estimate of drug-likeness (QED) is 0.214. The Kier molecular flexibility index (Phi) is 10.4. The molecule has 1 aliphatic rings. The summed E-state index contributed by atoms with van der Waals surface area (Å²) in [7, 11) is 1.77. The van der Waals surface area contributed by atoms with E-state index in [1.165, 1.54) is 24.8 Å². The van der Waals surface area contributed by atoms with Crippen LogP contribution in [0.25, 0.3) is 11.0 Å².